The zero-order valence-corrected chi connectivity index (χ0v) is 17.2. The van der Waals surface area contributed by atoms with Crippen molar-refractivity contribution >= 4 is 29.7 Å². The van der Waals surface area contributed by atoms with Gasteiger partial charge in [0, 0.05) is 11.3 Å². The average molecular weight is 410 g/mol. The molecule has 0 saturated carbocycles. The topological polar surface area (TPSA) is 120 Å². The lowest BCUT2D eigenvalue weighted by Crippen LogP contribution is -2.33. The maximum Gasteiger partial charge on any atom is 0.329 e. The lowest BCUT2D eigenvalue weighted by molar-refractivity contribution is -0.255. The average Bonchev–Trinajstić information content (AvgIpc) is 2.74. The van der Waals surface area contributed by atoms with Crippen LogP contribution in [0.1, 0.15) is 47.8 Å². The number of carboxylic acid groups (broad SMARTS) is 1. The second kappa shape index (κ2) is 10.8. The number of carbonyl (C=O) groups excluding carboxylic acids is 3. The first-order valence-electron chi connectivity index (χ1n) is 9.64. The Balaban J connectivity index is 2.12. The standard InChI is InChI=1S/C22H25N3O5/c1-4-14-8-7-9-15(5-2)19(14)24-20(26)21(27)25-23-13-17-12-16(22(28)29)10-11-18(17)30-6-3/h7-13H,4-6H2,1-3H3,(H,24,26)(H,25,27)(H,28,29)/p-1/b23-13-. The molecule has 0 radical (unpaired) electrons. The van der Waals surface area contributed by atoms with Gasteiger partial charge in [-0.25, -0.2) is 5.43 Å². The van der Waals surface area contributed by atoms with Crippen LogP contribution in [0.25, 0.3) is 0 Å². The summed E-state index contributed by atoms with van der Waals surface area (Å²) in [4.78, 5) is 35.5. The van der Waals surface area contributed by atoms with E-state index in [0.717, 1.165) is 11.1 Å². The lowest BCUT2D eigenvalue weighted by Gasteiger charge is -2.13. The van der Waals surface area contributed by atoms with E-state index < -0.39 is 17.8 Å². The predicted molar refractivity (Wildman–Crippen MR) is 112 cm³/mol. The van der Waals surface area contributed by atoms with Crippen molar-refractivity contribution in [1.29, 1.82) is 0 Å². The Kier molecular flexibility index (Phi) is 8.10. The third-order valence-electron chi connectivity index (χ3n) is 4.36. The number of rotatable bonds is 8. The van der Waals surface area contributed by atoms with E-state index >= 15 is 0 Å². The van der Waals surface area contributed by atoms with Gasteiger partial charge >= 0.3 is 11.8 Å². The number of hydrogen-bond acceptors (Lipinski definition) is 6. The van der Waals surface area contributed by atoms with Crippen LogP contribution >= 0.6 is 0 Å². The first kappa shape index (κ1) is 22.6. The molecule has 0 heterocycles. The summed E-state index contributed by atoms with van der Waals surface area (Å²) in [5, 5.41) is 17.5. The van der Waals surface area contributed by atoms with Crippen molar-refractivity contribution in [2.24, 2.45) is 5.10 Å². The minimum atomic E-state index is -1.35. The predicted octanol–water partition coefficient (Wildman–Crippen LogP) is 1.66. The van der Waals surface area contributed by atoms with Crippen molar-refractivity contribution in [3.63, 3.8) is 0 Å². The molecule has 0 spiro atoms. The van der Waals surface area contributed by atoms with Crippen LogP contribution < -0.4 is 20.6 Å². The minimum Gasteiger partial charge on any atom is -0.545 e. The van der Waals surface area contributed by atoms with Crippen LogP contribution in [0.15, 0.2) is 41.5 Å². The second-order valence-electron chi connectivity index (χ2n) is 6.28. The van der Waals surface area contributed by atoms with Crippen LogP contribution in [0.3, 0.4) is 0 Å². The van der Waals surface area contributed by atoms with Crippen LogP contribution in [-0.2, 0) is 22.4 Å². The maximum absolute atomic E-state index is 12.3. The molecule has 0 fully saturated rings. The molecule has 8 heteroatoms. The number of anilines is 1. The van der Waals surface area contributed by atoms with Gasteiger partial charge in [-0.05, 0) is 54.7 Å². The number of hydrazone groups is 1. The second-order valence-corrected chi connectivity index (χ2v) is 6.28. The molecule has 0 saturated heterocycles. The summed E-state index contributed by atoms with van der Waals surface area (Å²) in [6, 6.07) is 9.82. The smallest absolute Gasteiger partial charge is 0.329 e. The summed E-state index contributed by atoms with van der Waals surface area (Å²) in [6.45, 7) is 6.06. The summed E-state index contributed by atoms with van der Waals surface area (Å²) in [5.74, 6) is -2.77. The number of ether oxygens (including phenoxy) is 1. The first-order chi connectivity index (χ1) is 14.4. The van der Waals surface area contributed by atoms with Gasteiger partial charge in [0.2, 0.25) is 0 Å². The Labute approximate surface area is 174 Å². The van der Waals surface area contributed by atoms with Crippen molar-refractivity contribution in [3.05, 3.63) is 58.7 Å². The van der Waals surface area contributed by atoms with E-state index in [1.165, 1.54) is 24.4 Å². The minimum absolute atomic E-state index is 0.0627. The van der Waals surface area contributed by atoms with Crippen LogP contribution in [0.5, 0.6) is 5.75 Å². The normalized spacial score (nSPS) is 10.6. The molecule has 2 rings (SSSR count). The van der Waals surface area contributed by atoms with Gasteiger partial charge in [0.25, 0.3) is 0 Å². The number of hydrogen-bond donors (Lipinski definition) is 2. The third-order valence-corrected chi connectivity index (χ3v) is 4.36. The van der Waals surface area contributed by atoms with Gasteiger partial charge < -0.3 is 20.0 Å². The van der Waals surface area contributed by atoms with Crippen LogP contribution in [0, 0.1) is 0 Å². The number of benzene rings is 2. The Morgan fingerprint density at radius 2 is 1.70 bits per heavy atom. The fourth-order valence-corrected chi connectivity index (χ4v) is 2.85. The van der Waals surface area contributed by atoms with E-state index in [2.05, 4.69) is 15.8 Å². The molecule has 2 N–H and O–H groups in total. The van der Waals surface area contributed by atoms with Crippen molar-refractivity contribution in [2.75, 3.05) is 11.9 Å². The Morgan fingerprint density at radius 1 is 1.03 bits per heavy atom. The van der Waals surface area contributed by atoms with Crippen molar-refractivity contribution in [2.45, 2.75) is 33.6 Å². The summed E-state index contributed by atoms with van der Waals surface area (Å²) >= 11 is 0. The fourth-order valence-electron chi connectivity index (χ4n) is 2.85. The monoisotopic (exact) mass is 410 g/mol. The van der Waals surface area contributed by atoms with Crippen molar-refractivity contribution in [1.82, 2.24) is 5.43 Å². The number of nitrogens with zero attached hydrogens (tertiary/aromatic N) is 1. The van der Waals surface area contributed by atoms with E-state index in [4.69, 9.17) is 4.74 Å². The molecule has 0 aliphatic carbocycles. The SMILES string of the molecule is CCOc1ccc(C(=O)[O-])cc1/C=N\NC(=O)C(=O)Nc1c(CC)cccc1CC. The van der Waals surface area contributed by atoms with Gasteiger partial charge in [0.1, 0.15) is 5.75 Å². The van der Waals surface area contributed by atoms with Crippen molar-refractivity contribution in [3.8, 4) is 5.75 Å². The third kappa shape index (κ3) is 5.66. The number of carbonyl (C=O) groups is 3. The largest absolute Gasteiger partial charge is 0.545 e. The summed E-state index contributed by atoms with van der Waals surface area (Å²) < 4.78 is 5.41. The van der Waals surface area contributed by atoms with E-state index in [0.29, 0.717) is 36.4 Å². The number of nitrogens with one attached hydrogen (secondary N) is 2. The van der Waals surface area contributed by atoms with Gasteiger partial charge in [-0.2, -0.15) is 5.10 Å². The van der Waals surface area contributed by atoms with Gasteiger partial charge in [0.15, 0.2) is 0 Å². The lowest BCUT2D eigenvalue weighted by atomic mass is 10.0. The summed E-state index contributed by atoms with van der Waals surface area (Å²) in [6.07, 6.45) is 2.62. The summed E-state index contributed by atoms with van der Waals surface area (Å²) in [7, 11) is 0. The Hall–Kier alpha value is -3.68. The highest BCUT2D eigenvalue weighted by molar-refractivity contribution is 6.39. The number of para-hydroxylation sites is 1. The fraction of sp³-hybridized carbons (Fsp3) is 0.273. The van der Waals surface area contributed by atoms with E-state index in [9.17, 15) is 19.5 Å². The molecule has 0 atom stereocenters. The highest BCUT2D eigenvalue weighted by Gasteiger charge is 2.16. The zero-order chi connectivity index (χ0) is 22.1. The Bertz CT molecular complexity index is 947. The van der Waals surface area contributed by atoms with Crippen LogP contribution in [0.4, 0.5) is 5.69 Å². The number of aromatic carboxylic acids is 1. The van der Waals surface area contributed by atoms with E-state index in [-0.39, 0.29) is 5.56 Å². The number of carboxylic acids is 1. The zero-order valence-electron chi connectivity index (χ0n) is 17.2. The molecule has 0 unspecified atom stereocenters. The molecular formula is C22H24N3O5-. The van der Waals surface area contributed by atoms with Gasteiger partial charge in [-0.3, -0.25) is 9.59 Å². The van der Waals surface area contributed by atoms with Crippen molar-refractivity contribution < 1.29 is 24.2 Å². The molecule has 0 bridgehead atoms. The van der Waals surface area contributed by atoms with E-state index in [1.807, 2.05) is 32.0 Å². The Morgan fingerprint density at radius 3 is 2.27 bits per heavy atom. The molecular weight excluding hydrogens is 386 g/mol. The number of aryl methyl sites for hydroxylation is 2. The van der Waals surface area contributed by atoms with Crippen LogP contribution in [0.2, 0.25) is 0 Å². The van der Waals surface area contributed by atoms with E-state index in [1.54, 1.807) is 6.92 Å². The highest BCUT2D eigenvalue weighted by atomic mass is 16.5. The van der Waals surface area contributed by atoms with Crippen LogP contribution in [-0.4, -0.2) is 30.6 Å². The molecule has 2 amide bonds. The first-order valence-corrected chi connectivity index (χ1v) is 9.64. The molecule has 0 aliphatic rings. The van der Waals surface area contributed by atoms with Gasteiger partial charge in [0.05, 0.1) is 18.8 Å². The highest BCUT2D eigenvalue weighted by Crippen LogP contribution is 2.22. The quantitative estimate of drug-likeness (QED) is 0.390. The summed E-state index contributed by atoms with van der Waals surface area (Å²) in [5.41, 5.74) is 4.90. The number of amides is 2. The molecule has 8 nitrogen and oxygen atoms in total. The molecule has 30 heavy (non-hydrogen) atoms. The molecule has 2 aromatic carbocycles. The molecule has 0 aromatic heterocycles. The molecule has 0 aliphatic heterocycles. The van der Waals surface area contributed by atoms with Gasteiger partial charge in [-0.1, -0.05) is 32.0 Å². The molecule has 2 aromatic rings. The molecule has 158 valence electrons. The maximum atomic E-state index is 12.3. The van der Waals surface area contributed by atoms with Gasteiger partial charge in [-0.15, -0.1) is 0 Å².